The molecule has 43 heavy (non-hydrogen) atoms. The number of ether oxygens (including phenoxy) is 2. The maximum Gasteiger partial charge on any atom is 0.242 e. The molecule has 3 amide bonds. The van der Waals surface area contributed by atoms with Crippen molar-refractivity contribution in [1.82, 2.24) is 19.6 Å². The maximum absolute atomic E-state index is 14.0. The molecule has 1 aromatic heterocycles. The van der Waals surface area contributed by atoms with E-state index in [1.807, 2.05) is 48.5 Å². The Bertz CT molecular complexity index is 1510. The number of amides is 3. The van der Waals surface area contributed by atoms with Crippen molar-refractivity contribution in [1.29, 1.82) is 0 Å². The smallest absolute Gasteiger partial charge is 0.242 e. The minimum absolute atomic E-state index is 0.00283. The summed E-state index contributed by atoms with van der Waals surface area (Å²) in [5, 5.41) is 4.89. The lowest BCUT2D eigenvalue weighted by atomic mass is 9.87. The third kappa shape index (κ3) is 6.08. The van der Waals surface area contributed by atoms with E-state index in [0.29, 0.717) is 37.7 Å². The monoisotopic (exact) mass is 605 g/mol. The number of anilines is 1. The average molecular weight is 606 g/mol. The van der Waals surface area contributed by atoms with Gasteiger partial charge in [-0.1, -0.05) is 39.0 Å². The fourth-order valence-electron chi connectivity index (χ4n) is 5.61. The number of aromatic nitrogens is 2. The van der Waals surface area contributed by atoms with Gasteiger partial charge in [0.05, 0.1) is 36.6 Å². The molecule has 2 aliphatic rings. The molecule has 1 fully saturated rings. The van der Waals surface area contributed by atoms with Crippen LogP contribution in [0.3, 0.4) is 0 Å². The minimum atomic E-state index is -0.380. The first-order chi connectivity index (χ1) is 20.5. The summed E-state index contributed by atoms with van der Waals surface area (Å²) in [6.45, 7) is 9.54. The van der Waals surface area contributed by atoms with Gasteiger partial charge in [0, 0.05) is 49.6 Å². The van der Waals surface area contributed by atoms with E-state index in [4.69, 9.17) is 14.6 Å². The Labute approximate surface area is 256 Å². The van der Waals surface area contributed by atoms with Gasteiger partial charge in [0.2, 0.25) is 17.7 Å². The zero-order valence-corrected chi connectivity index (χ0v) is 26.4. The topological polar surface area (TPSA) is 97.2 Å². The van der Waals surface area contributed by atoms with E-state index in [9.17, 15) is 14.4 Å². The highest BCUT2D eigenvalue weighted by Crippen LogP contribution is 2.50. The van der Waals surface area contributed by atoms with E-state index in [1.54, 1.807) is 33.6 Å². The van der Waals surface area contributed by atoms with Crippen molar-refractivity contribution in [2.75, 3.05) is 57.6 Å². The van der Waals surface area contributed by atoms with Gasteiger partial charge in [-0.05, 0) is 30.3 Å². The second kappa shape index (κ2) is 12.3. The number of thioether (sulfide) groups is 1. The van der Waals surface area contributed by atoms with Crippen LogP contribution >= 0.6 is 11.8 Å². The molecule has 0 bridgehead atoms. The molecule has 1 saturated heterocycles. The molecule has 228 valence electrons. The Morgan fingerprint density at radius 1 is 0.953 bits per heavy atom. The van der Waals surface area contributed by atoms with E-state index >= 15 is 0 Å². The highest BCUT2D eigenvalue weighted by molar-refractivity contribution is 8.00. The van der Waals surface area contributed by atoms with Crippen LogP contribution in [0.15, 0.2) is 48.5 Å². The SMILES string of the molecule is COc1ccc(-n2nc(C(C)(C)C)c3c2N(CC(=O)N2CCN(C(C)=O)CC2)C(=O)CSC3c2ccccc2OC)cc1. The molecule has 3 aromatic rings. The first-order valence-corrected chi connectivity index (χ1v) is 15.4. The van der Waals surface area contributed by atoms with E-state index < -0.39 is 0 Å². The third-order valence-corrected chi connectivity index (χ3v) is 9.15. The predicted octanol–water partition coefficient (Wildman–Crippen LogP) is 4.05. The Hall–Kier alpha value is -3.99. The molecular formula is C32H39N5O5S. The van der Waals surface area contributed by atoms with Crippen molar-refractivity contribution in [2.45, 2.75) is 38.4 Å². The number of fused-ring (bicyclic) bond motifs is 1. The summed E-state index contributed by atoms with van der Waals surface area (Å²) in [6.07, 6.45) is 0. The predicted molar refractivity (Wildman–Crippen MR) is 167 cm³/mol. The Kier molecular flexibility index (Phi) is 8.73. The molecule has 0 N–H and O–H groups in total. The van der Waals surface area contributed by atoms with Crippen molar-refractivity contribution in [3.05, 3.63) is 65.4 Å². The summed E-state index contributed by atoms with van der Waals surface area (Å²) in [5.74, 6) is 1.84. The normalized spacial score (nSPS) is 17.4. The van der Waals surface area contributed by atoms with E-state index in [-0.39, 0.29) is 40.7 Å². The number of carbonyl (C=O) groups excluding carboxylic acids is 3. The van der Waals surface area contributed by atoms with E-state index in [2.05, 4.69) is 20.8 Å². The van der Waals surface area contributed by atoms with Crippen LogP contribution in [0, 0.1) is 0 Å². The fraction of sp³-hybridized carbons (Fsp3) is 0.438. The molecule has 2 aliphatic heterocycles. The largest absolute Gasteiger partial charge is 0.497 e. The number of hydrogen-bond donors (Lipinski definition) is 0. The summed E-state index contributed by atoms with van der Waals surface area (Å²) in [7, 11) is 3.26. The molecule has 0 saturated carbocycles. The molecule has 5 rings (SSSR count). The van der Waals surface area contributed by atoms with Gasteiger partial charge < -0.3 is 19.3 Å². The zero-order chi connectivity index (χ0) is 30.9. The number of carbonyl (C=O) groups is 3. The first kappa shape index (κ1) is 30.5. The number of nitrogens with zero attached hydrogens (tertiary/aromatic N) is 5. The van der Waals surface area contributed by atoms with Crippen LogP contribution in [0.4, 0.5) is 5.82 Å². The molecule has 0 aliphatic carbocycles. The van der Waals surface area contributed by atoms with Gasteiger partial charge in [0.25, 0.3) is 0 Å². The van der Waals surface area contributed by atoms with Gasteiger partial charge >= 0.3 is 0 Å². The quantitative estimate of drug-likeness (QED) is 0.418. The summed E-state index contributed by atoms with van der Waals surface area (Å²) in [4.78, 5) is 44.7. The fourth-order valence-corrected chi connectivity index (χ4v) is 6.83. The van der Waals surface area contributed by atoms with Crippen LogP contribution in [0.25, 0.3) is 5.69 Å². The standard InChI is InChI=1S/C32H39N5O5S/c1-21(38)34-15-17-35(18-16-34)26(39)19-36-27(40)20-43-29(24-9-7-8-10-25(24)42-6)28-30(32(2,3)4)33-37(31(28)36)22-11-13-23(41-5)14-12-22/h7-14,29H,15-20H2,1-6H3. The van der Waals surface area contributed by atoms with Crippen LogP contribution in [-0.2, 0) is 19.8 Å². The van der Waals surface area contributed by atoms with Crippen LogP contribution in [0.2, 0.25) is 0 Å². The lowest BCUT2D eigenvalue weighted by Crippen LogP contribution is -2.53. The van der Waals surface area contributed by atoms with Crippen LogP contribution < -0.4 is 14.4 Å². The zero-order valence-electron chi connectivity index (χ0n) is 25.6. The molecule has 1 atom stereocenters. The molecule has 11 heteroatoms. The van der Waals surface area contributed by atoms with E-state index in [0.717, 1.165) is 28.3 Å². The summed E-state index contributed by atoms with van der Waals surface area (Å²) < 4.78 is 13.0. The van der Waals surface area contributed by atoms with Crippen LogP contribution in [0.5, 0.6) is 11.5 Å². The molecular weight excluding hydrogens is 566 g/mol. The molecule has 10 nitrogen and oxygen atoms in total. The summed E-state index contributed by atoms with van der Waals surface area (Å²) in [6, 6.07) is 15.4. The van der Waals surface area contributed by atoms with Crippen molar-refractivity contribution in [2.24, 2.45) is 0 Å². The molecule has 1 unspecified atom stereocenters. The number of para-hydroxylation sites is 1. The van der Waals surface area contributed by atoms with Crippen molar-refractivity contribution < 1.29 is 23.9 Å². The lowest BCUT2D eigenvalue weighted by molar-refractivity contribution is -0.137. The number of benzene rings is 2. The first-order valence-electron chi connectivity index (χ1n) is 14.4. The van der Waals surface area contributed by atoms with Gasteiger partial charge in [-0.3, -0.25) is 19.3 Å². The number of rotatable bonds is 6. The van der Waals surface area contributed by atoms with Gasteiger partial charge in [0.1, 0.15) is 23.9 Å². The van der Waals surface area contributed by atoms with Crippen molar-refractivity contribution in [3.63, 3.8) is 0 Å². The Morgan fingerprint density at radius 3 is 2.21 bits per heavy atom. The highest BCUT2D eigenvalue weighted by atomic mass is 32.2. The second-order valence-corrected chi connectivity index (χ2v) is 12.8. The van der Waals surface area contributed by atoms with Crippen molar-refractivity contribution >= 4 is 35.3 Å². The number of hydrogen-bond acceptors (Lipinski definition) is 7. The molecule has 2 aromatic carbocycles. The Balaban J connectivity index is 1.67. The average Bonchev–Trinajstić information content (AvgIpc) is 3.34. The second-order valence-electron chi connectivity index (χ2n) is 11.7. The van der Waals surface area contributed by atoms with Crippen LogP contribution in [-0.4, -0.2) is 90.0 Å². The molecule has 0 radical (unpaired) electrons. The van der Waals surface area contributed by atoms with E-state index in [1.165, 1.54) is 18.7 Å². The molecule has 3 heterocycles. The summed E-state index contributed by atoms with van der Waals surface area (Å²) in [5.41, 5.74) is 3.03. The number of methoxy groups -OCH3 is 2. The Morgan fingerprint density at radius 2 is 1.60 bits per heavy atom. The maximum atomic E-state index is 14.0. The van der Waals surface area contributed by atoms with Gasteiger partial charge in [-0.15, -0.1) is 11.8 Å². The minimum Gasteiger partial charge on any atom is -0.497 e. The summed E-state index contributed by atoms with van der Waals surface area (Å²) >= 11 is 1.52. The highest BCUT2D eigenvalue weighted by Gasteiger charge is 2.41. The van der Waals surface area contributed by atoms with Crippen molar-refractivity contribution in [3.8, 4) is 17.2 Å². The number of piperazine rings is 1. The van der Waals surface area contributed by atoms with Gasteiger partial charge in [-0.25, -0.2) is 4.68 Å². The van der Waals surface area contributed by atoms with Gasteiger partial charge in [-0.2, -0.15) is 5.10 Å². The molecule has 0 spiro atoms. The van der Waals surface area contributed by atoms with Crippen LogP contribution in [0.1, 0.15) is 49.8 Å². The lowest BCUT2D eigenvalue weighted by Gasteiger charge is -2.35. The third-order valence-electron chi connectivity index (χ3n) is 7.91. The van der Waals surface area contributed by atoms with Gasteiger partial charge in [0.15, 0.2) is 0 Å².